The van der Waals surface area contributed by atoms with Crippen molar-refractivity contribution in [1.29, 1.82) is 0 Å². The van der Waals surface area contributed by atoms with Gasteiger partial charge in [0.1, 0.15) is 10.8 Å². The van der Waals surface area contributed by atoms with Crippen LogP contribution in [0.2, 0.25) is 0 Å². The van der Waals surface area contributed by atoms with Crippen molar-refractivity contribution in [2.75, 3.05) is 7.11 Å². The van der Waals surface area contributed by atoms with Gasteiger partial charge < -0.3 is 10.1 Å². The van der Waals surface area contributed by atoms with E-state index in [0.29, 0.717) is 29.7 Å². The molecule has 0 radical (unpaired) electrons. The van der Waals surface area contributed by atoms with Crippen molar-refractivity contribution in [3.8, 4) is 17.1 Å². The van der Waals surface area contributed by atoms with Gasteiger partial charge in [-0.15, -0.1) is 27.0 Å². The van der Waals surface area contributed by atoms with Crippen LogP contribution < -0.4 is 10.1 Å². The average molecular weight is 493 g/mol. The molecule has 10 heteroatoms. The van der Waals surface area contributed by atoms with Crippen LogP contribution in [0.4, 0.5) is 0 Å². The molecule has 0 aliphatic rings. The van der Waals surface area contributed by atoms with Gasteiger partial charge in [0.05, 0.1) is 18.4 Å². The van der Waals surface area contributed by atoms with E-state index in [4.69, 9.17) is 4.74 Å². The molecule has 0 saturated carbocycles. The molecule has 2 heterocycles. The van der Waals surface area contributed by atoms with Crippen molar-refractivity contribution in [1.82, 2.24) is 30.3 Å². The van der Waals surface area contributed by atoms with Crippen molar-refractivity contribution in [3.05, 3.63) is 82.3 Å². The second-order valence-corrected chi connectivity index (χ2v) is 9.37. The average Bonchev–Trinajstić information content (AvgIpc) is 3.50. The lowest BCUT2D eigenvalue weighted by atomic mass is 10.1. The van der Waals surface area contributed by atoms with Gasteiger partial charge in [-0.1, -0.05) is 71.1 Å². The van der Waals surface area contributed by atoms with Gasteiger partial charge in [-0.2, -0.15) is 0 Å². The second kappa shape index (κ2) is 11.1. The molecule has 4 aromatic rings. The third kappa shape index (κ3) is 5.52. The maximum atomic E-state index is 12.5. The predicted molar refractivity (Wildman–Crippen MR) is 134 cm³/mol. The molecule has 4 rings (SSSR count). The fourth-order valence-electron chi connectivity index (χ4n) is 3.21. The fourth-order valence-corrected chi connectivity index (χ4v) is 4.90. The van der Waals surface area contributed by atoms with Crippen LogP contribution in [-0.2, 0) is 18.8 Å². The third-order valence-electron chi connectivity index (χ3n) is 4.94. The van der Waals surface area contributed by atoms with E-state index < -0.39 is 0 Å². The number of carbonyl (C=O) groups is 1. The molecule has 0 unspecified atom stereocenters. The minimum atomic E-state index is -0.234. The lowest BCUT2D eigenvalue weighted by Crippen LogP contribution is -2.22. The Hall–Kier alpha value is -3.50. The van der Waals surface area contributed by atoms with Gasteiger partial charge in [0.25, 0.3) is 5.91 Å². The Morgan fingerprint density at radius 3 is 2.71 bits per heavy atom. The summed E-state index contributed by atoms with van der Waals surface area (Å²) >= 11 is 2.76. The standard InChI is InChI=1S/C24H24N6O2S2/c1-4-13-30-21(18-7-5-6-8-19(18)32-3)27-29-24(30)33-15-20-26-28-23(34-20)22(31)25-14-17-11-9-16(2)10-12-17/h4-12H,1,13-15H2,2-3H3,(H,25,31). The Labute approximate surface area is 206 Å². The number of nitrogens with one attached hydrogen (secondary N) is 1. The molecule has 34 heavy (non-hydrogen) atoms. The molecule has 0 atom stereocenters. The number of aromatic nitrogens is 5. The molecule has 2 aromatic heterocycles. The van der Waals surface area contributed by atoms with Crippen LogP contribution in [0.5, 0.6) is 5.75 Å². The van der Waals surface area contributed by atoms with Gasteiger partial charge in [-0.05, 0) is 24.6 Å². The Morgan fingerprint density at radius 1 is 1.15 bits per heavy atom. The number of carbonyl (C=O) groups excluding carboxylic acids is 1. The fraction of sp³-hybridized carbons (Fsp3) is 0.208. The van der Waals surface area contributed by atoms with Crippen LogP contribution in [0.3, 0.4) is 0 Å². The summed E-state index contributed by atoms with van der Waals surface area (Å²) < 4.78 is 7.46. The number of para-hydroxylation sites is 1. The summed E-state index contributed by atoms with van der Waals surface area (Å²) in [5.74, 6) is 1.71. The minimum absolute atomic E-state index is 0.234. The SMILES string of the molecule is C=CCn1c(SCc2nnc(C(=O)NCc3ccc(C)cc3)s2)nnc1-c1ccccc1OC. The van der Waals surface area contributed by atoms with E-state index in [1.54, 1.807) is 13.2 Å². The first-order chi connectivity index (χ1) is 16.6. The van der Waals surface area contributed by atoms with Crippen molar-refractivity contribution < 1.29 is 9.53 Å². The molecule has 0 aliphatic heterocycles. The van der Waals surface area contributed by atoms with Gasteiger partial charge in [0, 0.05) is 13.1 Å². The monoisotopic (exact) mass is 492 g/mol. The first-order valence-electron chi connectivity index (χ1n) is 10.6. The van der Waals surface area contributed by atoms with E-state index in [-0.39, 0.29) is 5.91 Å². The number of ether oxygens (including phenoxy) is 1. The number of rotatable bonds is 10. The van der Waals surface area contributed by atoms with Crippen LogP contribution in [0.15, 0.2) is 66.3 Å². The smallest absolute Gasteiger partial charge is 0.282 e. The number of amides is 1. The quantitative estimate of drug-likeness (QED) is 0.257. The maximum Gasteiger partial charge on any atom is 0.282 e. The summed E-state index contributed by atoms with van der Waals surface area (Å²) in [5.41, 5.74) is 3.07. The molecule has 1 amide bonds. The Bertz CT molecular complexity index is 1280. The zero-order valence-electron chi connectivity index (χ0n) is 18.9. The van der Waals surface area contributed by atoms with Crippen LogP contribution in [0.25, 0.3) is 11.4 Å². The molecule has 8 nitrogen and oxygen atoms in total. The number of methoxy groups -OCH3 is 1. The molecule has 0 saturated heterocycles. The summed E-state index contributed by atoms with van der Waals surface area (Å²) in [6, 6.07) is 15.7. The number of nitrogens with zero attached hydrogens (tertiary/aromatic N) is 5. The second-order valence-electron chi connectivity index (χ2n) is 7.36. The lowest BCUT2D eigenvalue weighted by molar-refractivity contribution is 0.0950. The van der Waals surface area contributed by atoms with Gasteiger partial charge in [0.15, 0.2) is 11.0 Å². The molecular formula is C24H24N6O2S2. The first kappa shape index (κ1) is 23.7. The highest BCUT2D eigenvalue weighted by molar-refractivity contribution is 7.98. The highest BCUT2D eigenvalue weighted by Gasteiger charge is 2.18. The normalized spacial score (nSPS) is 10.8. The largest absolute Gasteiger partial charge is 0.496 e. The van der Waals surface area contributed by atoms with Crippen molar-refractivity contribution in [2.45, 2.75) is 30.9 Å². The van der Waals surface area contributed by atoms with Crippen molar-refractivity contribution in [3.63, 3.8) is 0 Å². The number of hydrogen-bond acceptors (Lipinski definition) is 8. The molecular weight excluding hydrogens is 468 g/mol. The predicted octanol–water partition coefficient (Wildman–Crippen LogP) is 4.52. The topological polar surface area (TPSA) is 94.8 Å². The van der Waals surface area contributed by atoms with Gasteiger partial charge >= 0.3 is 0 Å². The van der Waals surface area contributed by atoms with Crippen molar-refractivity contribution in [2.24, 2.45) is 0 Å². The van der Waals surface area contributed by atoms with E-state index in [1.165, 1.54) is 28.7 Å². The molecule has 2 aromatic carbocycles. The Balaban J connectivity index is 1.42. The van der Waals surface area contributed by atoms with E-state index >= 15 is 0 Å². The third-order valence-corrected chi connectivity index (χ3v) is 7.02. The summed E-state index contributed by atoms with van der Waals surface area (Å²) in [7, 11) is 1.63. The first-order valence-corrected chi connectivity index (χ1v) is 12.4. The van der Waals surface area contributed by atoms with Crippen LogP contribution in [0.1, 0.15) is 25.9 Å². The van der Waals surface area contributed by atoms with Gasteiger partial charge in [-0.3, -0.25) is 9.36 Å². The number of allylic oxidation sites excluding steroid dienone is 1. The highest BCUT2D eigenvalue weighted by atomic mass is 32.2. The van der Waals surface area contributed by atoms with Crippen LogP contribution in [0, 0.1) is 6.92 Å². The minimum Gasteiger partial charge on any atom is -0.496 e. The maximum absolute atomic E-state index is 12.5. The molecule has 0 bridgehead atoms. The molecule has 0 fully saturated rings. The number of aryl methyl sites for hydroxylation is 1. The van der Waals surface area contributed by atoms with Gasteiger partial charge in [0.2, 0.25) is 5.01 Å². The van der Waals surface area contributed by atoms with E-state index in [2.05, 4.69) is 32.3 Å². The summed E-state index contributed by atoms with van der Waals surface area (Å²) in [4.78, 5) is 12.5. The summed E-state index contributed by atoms with van der Waals surface area (Å²) in [5, 5.41) is 21.7. The highest BCUT2D eigenvalue weighted by Crippen LogP contribution is 2.32. The molecule has 1 N–H and O–H groups in total. The van der Waals surface area contributed by atoms with Crippen LogP contribution >= 0.6 is 23.1 Å². The molecule has 174 valence electrons. The lowest BCUT2D eigenvalue weighted by Gasteiger charge is -2.10. The number of hydrogen-bond donors (Lipinski definition) is 1. The number of thioether (sulfide) groups is 1. The van der Waals surface area contributed by atoms with E-state index in [9.17, 15) is 4.79 Å². The Kier molecular flexibility index (Phi) is 7.71. The number of benzene rings is 2. The zero-order valence-corrected chi connectivity index (χ0v) is 20.5. The van der Waals surface area contributed by atoms with Crippen molar-refractivity contribution >= 4 is 29.0 Å². The Morgan fingerprint density at radius 2 is 1.94 bits per heavy atom. The van der Waals surface area contributed by atoms with Gasteiger partial charge in [-0.25, -0.2) is 0 Å². The summed E-state index contributed by atoms with van der Waals surface area (Å²) in [6.07, 6.45) is 1.80. The molecule has 0 spiro atoms. The van der Waals surface area contributed by atoms with E-state index in [0.717, 1.165) is 27.0 Å². The zero-order chi connectivity index (χ0) is 23.9. The summed E-state index contributed by atoms with van der Waals surface area (Å²) in [6.45, 7) is 6.88. The van der Waals surface area contributed by atoms with E-state index in [1.807, 2.05) is 60.0 Å². The van der Waals surface area contributed by atoms with Crippen LogP contribution in [-0.4, -0.2) is 38.0 Å². The molecule has 0 aliphatic carbocycles.